The summed E-state index contributed by atoms with van der Waals surface area (Å²) in [6, 6.07) is 0.504. The monoisotopic (exact) mass is 284 g/mol. The minimum atomic E-state index is -0.402. The molecule has 0 aromatic carbocycles. The Morgan fingerprint density at radius 1 is 1.63 bits per heavy atom. The van der Waals surface area contributed by atoms with Crippen molar-refractivity contribution < 1.29 is 9.90 Å². The van der Waals surface area contributed by atoms with Crippen molar-refractivity contribution in [3.8, 4) is 0 Å². The Morgan fingerprint density at radius 3 is 3.00 bits per heavy atom. The van der Waals surface area contributed by atoms with Gasteiger partial charge >= 0.3 is 0 Å². The number of hydrogen-bond donors (Lipinski definition) is 2. The van der Waals surface area contributed by atoms with Gasteiger partial charge in [-0.15, -0.1) is 10.2 Å². The van der Waals surface area contributed by atoms with E-state index in [2.05, 4.69) is 15.5 Å². The van der Waals surface area contributed by atoms with E-state index in [4.69, 9.17) is 0 Å². The predicted molar refractivity (Wildman–Crippen MR) is 72.9 cm³/mol. The molecule has 7 heteroatoms. The van der Waals surface area contributed by atoms with Gasteiger partial charge in [-0.3, -0.25) is 4.79 Å². The maximum absolute atomic E-state index is 11.8. The van der Waals surface area contributed by atoms with Crippen LogP contribution in [0.2, 0.25) is 0 Å². The van der Waals surface area contributed by atoms with E-state index in [1.54, 1.807) is 13.3 Å². The Morgan fingerprint density at radius 2 is 2.37 bits per heavy atom. The molecule has 106 valence electrons. The fourth-order valence-electron chi connectivity index (χ4n) is 1.96. The molecule has 2 N–H and O–H groups in total. The van der Waals surface area contributed by atoms with Crippen LogP contribution < -0.4 is 5.32 Å². The molecule has 2 atom stereocenters. The first kappa shape index (κ1) is 14.3. The lowest BCUT2D eigenvalue weighted by Crippen LogP contribution is -2.35. The number of thioether (sulfide) groups is 1. The molecule has 1 fully saturated rings. The van der Waals surface area contributed by atoms with E-state index in [-0.39, 0.29) is 11.9 Å². The van der Waals surface area contributed by atoms with Crippen molar-refractivity contribution in [1.29, 1.82) is 0 Å². The molecule has 19 heavy (non-hydrogen) atoms. The van der Waals surface area contributed by atoms with Gasteiger partial charge in [0.25, 0.3) is 0 Å². The highest BCUT2D eigenvalue weighted by Gasteiger charge is 2.26. The van der Waals surface area contributed by atoms with Gasteiger partial charge in [0, 0.05) is 12.1 Å². The van der Waals surface area contributed by atoms with Gasteiger partial charge < -0.3 is 15.0 Å². The third kappa shape index (κ3) is 4.50. The van der Waals surface area contributed by atoms with Crippen molar-refractivity contribution in [3.63, 3.8) is 0 Å². The summed E-state index contributed by atoms with van der Waals surface area (Å²) in [5.74, 6) is 0.291. The first-order valence-corrected chi connectivity index (χ1v) is 7.54. The smallest absolute Gasteiger partial charge is 0.230 e. The van der Waals surface area contributed by atoms with Crippen LogP contribution in [0.25, 0.3) is 0 Å². The van der Waals surface area contributed by atoms with Gasteiger partial charge in [-0.2, -0.15) is 0 Å². The highest BCUT2D eigenvalue weighted by atomic mass is 32.2. The van der Waals surface area contributed by atoms with Gasteiger partial charge in [0.15, 0.2) is 5.16 Å². The second-order valence-electron chi connectivity index (χ2n) is 5.09. The lowest BCUT2D eigenvalue weighted by atomic mass is 10.1. The Kier molecular flexibility index (Phi) is 4.81. The number of aromatic nitrogens is 3. The van der Waals surface area contributed by atoms with E-state index < -0.39 is 6.10 Å². The number of carbonyl (C=O) groups is 1. The maximum Gasteiger partial charge on any atom is 0.230 e. The molecule has 0 radical (unpaired) electrons. The van der Waals surface area contributed by atoms with Crippen LogP contribution in [-0.2, 0) is 4.79 Å². The van der Waals surface area contributed by atoms with Crippen LogP contribution in [0.4, 0.5) is 0 Å². The molecule has 2 rings (SSSR count). The van der Waals surface area contributed by atoms with E-state index in [9.17, 15) is 9.90 Å². The second-order valence-corrected chi connectivity index (χ2v) is 6.04. The van der Waals surface area contributed by atoms with E-state index in [0.29, 0.717) is 18.2 Å². The van der Waals surface area contributed by atoms with E-state index >= 15 is 0 Å². The molecule has 1 amide bonds. The number of carbonyl (C=O) groups excluding carboxylic acids is 1. The minimum Gasteiger partial charge on any atom is -0.393 e. The minimum absolute atomic E-state index is 0.0191. The standard InChI is InChI=1S/C12H20N4O2S/c1-8(5-9(2)17)14-11(18)6-19-12-15-13-7-16(12)10-3-4-10/h7-10,17H,3-6H2,1-2H3,(H,14,18). The maximum atomic E-state index is 11.8. The lowest BCUT2D eigenvalue weighted by Gasteiger charge is -2.15. The van der Waals surface area contributed by atoms with Gasteiger partial charge in [0.1, 0.15) is 6.33 Å². The Bertz CT molecular complexity index is 431. The van der Waals surface area contributed by atoms with Crippen molar-refractivity contribution in [3.05, 3.63) is 6.33 Å². The number of aliphatic hydroxyl groups excluding tert-OH is 1. The molecule has 1 aliphatic rings. The number of hydrogen-bond acceptors (Lipinski definition) is 5. The molecule has 1 aromatic rings. The van der Waals surface area contributed by atoms with Gasteiger partial charge in [-0.1, -0.05) is 11.8 Å². The molecule has 1 aliphatic carbocycles. The largest absolute Gasteiger partial charge is 0.393 e. The first-order chi connectivity index (χ1) is 9.06. The van der Waals surface area contributed by atoms with Crippen LogP contribution in [0.5, 0.6) is 0 Å². The van der Waals surface area contributed by atoms with E-state index in [1.165, 1.54) is 24.6 Å². The average Bonchev–Trinajstić information content (AvgIpc) is 3.04. The first-order valence-electron chi connectivity index (χ1n) is 6.56. The molecule has 1 aromatic heterocycles. The highest BCUT2D eigenvalue weighted by Crippen LogP contribution is 2.37. The van der Waals surface area contributed by atoms with Crippen LogP contribution in [0.15, 0.2) is 11.5 Å². The topological polar surface area (TPSA) is 80.0 Å². The average molecular weight is 284 g/mol. The summed E-state index contributed by atoms with van der Waals surface area (Å²) in [4.78, 5) is 11.8. The predicted octanol–water partition coefficient (Wildman–Crippen LogP) is 0.981. The van der Waals surface area contributed by atoms with Gasteiger partial charge in [0.05, 0.1) is 11.9 Å². The number of aliphatic hydroxyl groups is 1. The van der Waals surface area contributed by atoms with E-state index in [0.717, 1.165) is 5.16 Å². The molecular weight excluding hydrogens is 264 g/mol. The molecule has 2 unspecified atom stereocenters. The molecule has 0 bridgehead atoms. The highest BCUT2D eigenvalue weighted by molar-refractivity contribution is 7.99. The summed E-state index contributed by atoms with van der Waals surface area (Å²) >= 11 is 1.41. The Balaban J connectivity index is 1.75. The van der Waals surface area contributed by atoms with Crippen LogP contribution in [0, 0.1) is 0 Å². The molecule has 0 spiro atoms. The lowest BCUT2D eigenvalue weighted by molar-refractivity contribution is -0.119. The number of amides is 1. The molecule has 6 nitrogen and oxygen atoms in total. The molecule has 0 saturated heterocycles. The molecule has 1 saturated carbocycles. The van der Waals surface area contributed by atoms with Gasteiger partial charge in [-0.25, -0.2) is 0 Å². The Labute approximate surface area is 117 Å². The zero-order valence-corrected chi connectivity index (χ0v) is 12.1. The summed E-state index contributed by atoms with van der Waals surface area (Å²) in [5, 5.41) is 20.8. The quantitative estimate of drug-likeness (QED) is 0.730. The molecular formula is C12H20N4O2S. The van der Waals surface area contributed by atoms with Crippen molar-refractivity contribution >= 4 is 17.7 Å². The summed E-state index contributed by atoms with van der Waals surface area (Å²) in [5.41, 5.74) is 0. The third-order valence-corrected chi connectivity index (χ3v) is 3.87. The SMILES string of the molecule is CC(O)CC(C)NC(=O)CSc1nncn1C1CC1. The second kappa shape index (κ2) is 6.38. The van der Waals surface area contributed by atoms with E-state index in [1.807, 2.05) is 11.5 Å². The van der Waals surface area contributed by atoms with Crippen molar-refractivity contribution in [2.24, 2.45) is 0 Å². The van der Waals surface area contributed by atoms with Gasteiger partial charge in [0.2, 0.25) is 5.91 Å². The summed E-state index contributed by atoms with van der Waals surface area (Å²) < 4.78 is 2.04. The van der Waals surface area contributed by atoms with Crippen molar-refractivity contribution in [2.75, 3.05) is 5.75 Å². The normalized spacial score (nSPS) is 18.1. The number of nitrogens with zero attached hydrogens (tertiary/aromatic N) is 3. The van der Waals surface area contributed by atoms with Crippen LogP contribution >= 0.6 is 11.8 Å². The van der Waals surface area contributed by atoms with Gasteiger partial charge in [-0.05, 0) is 33.1 Å². The fourth-order valence-corrected chi connectivity index (χ4v) is 2.75. The third-order valence-electron chi connectivity index (χ3n) is 2.91. The van der Waals surface area contributed by atoms with Crippen LogP contribution in [0.1, 0.15) is 39.2 Å². The summed E-state index contributed by atoms with van der Waals surface area (Å²) in [7, 11) is 0. The fraction of sp³-hybridized carbons (Fsp3) is 0.750. The van der Waals surface area contributed by atoms with Crippen LogP contribution in [-0.4, -0.2) is 43.7 Å². The molecule has 1 heterocycles. The van der Waals surface area contributed by atoms with Crippen LogP contribution in [0.3, 0.4) is 0 Å². The van der Waals surface area contributed by atoms with Crippen molar-refractivity contribution in [1.82, 2.24) is 20.1 Å². The number of nitrogens with one attached hydrogen (secondary N) is 1. The zero-order chi connectivity index (χ0) is 13.8. The summed E-state index contributed by atoms with van der Waals surface area (Å²) in [6.45, 7) is 3.61. The van der Waals surface area contributed by atoms with Crippen molar-refractivity contribution in [2.45, 2.75) is 56.5 Å². The summed E-state index contributed by atoms with van der Waals surface area (Å²) in [6.07, 6.45) is 4.23. The molecule has 0 aliphatic heterocycles. The zero-order valence-electron chi connectivity index (χ0n) is 11.2. The Hall–Kier alpha value is -1.08. The number of rotatable bonds is 7.